The largest absolute Gasteiger partial charge is 0.341 e. The van der Waals surface area contributed by atoms with Crippen LogP contribution in [0.25, 0.3) is 10.9 Å². The Morgan fingerprint density at radius 1 is 1.25 bits per heavy atom. The van der Waals surface area contributed by atoms with Crippen molar-refractivity contribution in [2.75, 3.05) is 0 Å². The molecule has 0 atom stereocenters. The maximum absolute atomic E-state index is 10.9. The Labute approximate surface area is 115 Å². The molecule has 5 heteroatoms. The number of nitro groups is 1. The van der Waals surface area contributed by atoms with Crippen LogP contribution in [-0.2, 0) is 6.54 Å². The second kappa shape index (κ2) is 4.77. The van der Waals surface area contributed by atoms with Crippen molar-refractivity contribution < 1.29 is 4.92 Å². The highest BCUT2D eigenvalue weighted by Crippen LogP contribution is 2.22. The Kier molecular flexibility index (Phi) is 2.95. The molecular formula is C15H13N3O2. The van der Waals surface area contributed by atoms with Crippen LogP contribution in [0.15, 0.2) is 48.7 Å². The van der Waals surface area contributed by atoms with Crippen LogP contribution in [0.5, 0.6) is 0 Å². The number of rotatable bonds is 3. The van der Waals surface area contributed by atoms with Crippen LogP contribution in [0.3, 0.4) is 0 Å². The molecule has 0 aliphatic carbocycles. The molecule has 0 amide bonds. The SMILES string of the molecule is Cc1cccc(Cn2ccc3ccc([N+](=O)[O-])cc32)n1. The standard InChI is InChI=1S/C15H13N3O2/c1-11-3-2-4-13(16-11)10-17-8-7-12-5-6-14(18(19)20)9-15(12)17/h2-9H,10H2,1H3. The van der Waals surface area contributed by atoms with E-state index in [1.807, 2.05) is 42.0 Å². The molecule has 100 valence electrons. The van der Waals surface area contributed by atoms with E-state index in [-0.39, 0.29) is 10.6 Å². The van der Waals surface area contributed by atoms with Crippen molar-refractivity contribution in [3.05, 3.63) is 70.2 Å². The number of hydrogen-bond acceptors (Lipinski definition) is 3. The lowest BCUT2D eigenvalue weighted by atomic mass is 10.2. The van der Waals surface area contributed by atoms with Gasteiger partial charge in [-0.15, -0.1) is 0 Å². The van der Waals surface area contributed by atoms with Crippen molar-refractivity contribution in [2.24, 2.45) is 0 Å². The number of aromatic nitrogens is 2. The van der Waals surface area contributed by atoms with Crippen LogP contribution in [-0.4, -0.2) is 14.5 Å². The molecule has 0 N–H and O–H groups in total. The van der Waals surface area contributed by atoms with Crippen molar-refractivity contribution in [1.29, 1.82) is 0 Å². The van der Waals surface area contributed by atoms with Crippen LogP contribution in [0, 0.1) is 17.0 Å². The summed E-state index contributed by atoms with van der Waals surface area (Å²) < 4.78 is 1.98. The highest BCUT2D eigenvalue weighted by Gasteiger charge is 2.09. The molecule has 2 heterocycles. The number of non-ortho nitro benzene ring substituents is 1. The second-order valence-electron chi connectivity index (χ2n) is 4.71. The average Bonchev–Trinajstić information content (AvgIpc) is 2.81. The third-order valence-electron chi connectivity index (χ3n) is 3.25. The maximum Gasteiger partial charge on any atom is 0.271 e. The summed E-state index contributed by atoms with van der Waals surface area (Å²) in [4.78, 5) is 14.9. The van der Waals surface area contributed by atoms with E-state index >= 15 is 0 Å². The summed E-state index contributed by atoms with van der Waals surface area (Å²) in [7, 11) is 0. The van der Waals surface area contributed by atoms with Crippen molar-refractivity contribution in [2.45, 2.75) is 13.5 Å². The van der Waals surface area contributed by atoms with Gasteiger partial charge in [0.2, 0.25) is 0 Å². The summed E-state index contributed by atoms with van der Waals surface area (Å²) in [6.45, 7) is 2.55. The van der Waals surface area contributed by atoms with Crippen LogP contribution in [0.2, 0.25) is 0 Å². The summed E-state index contributed by atoms with van der Waals surface area (Å²) in [6, 6.07) is 12.7. The van der Waals surface area contributed by atoms with Crippen LogP contribution in [0.4, 0.5) is 5.69 Å². The third kappa shape index (κ3) is 2.25. The number of nitro benzene ring substituents is 1. The molecule has 0 saturated carbocycles. The van der Waals surface area contributed by atoms with Gasteiger partial charge in [-0.1, -0.05) is 6.07 Å². The third-order valence-corrected chi connectivity index (χ3v) is 3.25. The fraction of sp³-hybridized carbons (Fsp3) is 0.133. The van der Waals surface area contributed by atoms with E-state index in [0.29, 0.717) is 6.54 Å². The minimum absolute atomic E-state index is 0.106. The molecule has 3 aromatic rings. The predicted octanol–water partition coefficient (Wildman–Crippen LogP) is 3.30. The number of pyridine rings is 1. The number of aryl methyl sites for hydroxylation is 1. The van der Waals surface area contributed by atoms with Gasteiger partial charge in [0, 0.05) is 29.4 Å². The van der Waals surface area contributed by atoms with Gasteiger partial charge in [-0.25, -0.2) is 0 Å². The van der Waals surface area contributed by atoms with Gasteiger partial charge in [0.05, 0.1) is 22.7 Å². The second-order valence-corrected chi connectivity index (χ2v) is 4.71. The highest BCUT2D eigenvalue weighted by atomic mass is 16.6. The zero-order chi connectivity index (χ0) is 14.1. The lowest BCUT2D eigenvalue weighted by molar-refractivity contribution is -0.384. The summed E-state index contributed by atoms with van der Waals surface area (Å²) in [6.07, 6.45) is 1.93. The van der Waals surface area contributed by atoms with E-state index in [4.69, 9.17) is 0 Å². The average molecular weight is 267 g/mol. The van der Waals surface area contributed by atoms with E-state index in [1.165, 1.54) is 6.07 Å². The Morgan fingerprint density at radius 2 is 2.10 bits per heavy atom. The van der Waals surface area contributed by atoms with Gasteiger partial charge in [-0.2, -0.15) is 0 Å². The molecule has 0 saturated heterocycles. The summed E-state index contributed by atoms with van der Waals surface area (Å²) in [5, 5.41) is 11.9. The Hall–Kier alpha value is -2.69. The molecule has 0 bridgehead atoms. The zero-order valence-corrected chi connectivity index (χ0v) is 11.0. The van der Waals surface area contributed by atoms with Gasteiger partial charge >= 0.3 is 0 Å². The number of hydrogen-bond donors (Lipinski definition) is 0. The smallest absolute Gasteiger partial charge is 0.271 e. The van der Waals surface area contributed by atoms with Crippen LogP contribution < -0.4 is 0 Å². The molecule has 0 radical (unpaired) electrons. The summed E-state index contributed by atoms with van der Waals surface area (Å²) in [5.74, 6) is 0. The normalized spacial score (nSPS) is 10.8. The molecule has 2 aromatic heterocycles. The molecule has 0 unspecified atom stereocenters. The zero-order valence-electron chi connectivity index (χ0n) is 11.0. The van der Waals surface area contributed by atoms with Gasteiger partial charge in [-0.05, 0) is 31.2 Å². The lowest BCUT2D eigenvalue weighted by Gasteiger charge is -2.05. The van der Waals surface area contributed by atoms with Crippen molar-refractivity contribution in [3.8, 4) is 0 Å². The van der Waals surface area contributed by atoms with Gasteiger partial charge < -0.3 is 4.57 Å². The maximum atomic E-state index is 10.9. The van der Waals surface area contributed by atoms with E-state index < -0.39 is 0 Å². The van der Waals surface area contributed by atoms with Crippen molar-refractivity contribution >= 4 is 16.6 Å². The monoisotopic (exact) mass is 267 g/mol. The molecule has 5 nitrogen and oxygen atoms in total. The Balaban J connectivity index is 2.03. The van der Waals surface area contributed by atoms with Gasteiger partial charge in [-0.3, -0.25) is 15.1 Å². The first kappa shape index (κ1) is 12.3. The first-order valence-electron chi connectivity index (χ1n) is 6.29. The quantitative estimate of drug-likeness (QED) is 0.540. The Bertz CT molecular complexity index is 793. The van der Waals surface area contributed by atoms with Gasteiger partial charge in [0.1, 0.15) is 0 Å². The van der Waals surface area contributed by atoms with E-state index in [1.54, 1.807) is 12.1 Å². The molecule has 3 rings (SSSR count). The predicted molar refractivity (Wildman–Crippen MR) is 76.7 cm³/mol. The first-order chi connectivity index (χ1) is 9.63. The fourth-order valence-electron chi connectivity index (χ4n) is 2.29. The number of nitrogens with zero attached hydrogens (tertiary/aromatic N) is 3. The van der Waals surface area contributed by atoms with Crippen LogP contribution in [0.1, 0.15) is 11.4 Å². The number of fused-ring (bicyclic) bond motifs is 1. The Morgan fingerprint density at radius 3 is 2.85 bits per heavy atom. The fourth-order valence-corrected chi connectivity index (χ4v) is 2.29. The van der Waals surface area contributed by atoms with E-state index in [0.717, 1.165) is 22.3 Å². The minimum Gasteiger partial charge on any atom is -0.341 e. The minimum atomic E-state index is -0.373. The summed E-state index contributed by atoms with van der Waals surface area (Å²) in [5.41, 5.74) is 2.86. The molecule has 0 aliphatic heterocycles. The highest BCUT2D eigenvalue weighted by molar-refractivity contribution is 5.82. The first-order valence-corrected chi connectivity index (χ1v) is 6.29. The van der Waals surface area contributed by atoms with E-state index in [9.17, 15) is 10.1 Å². The van der Waals surface area contributed by atoms with Crippen molar-refractivity contribution in [1.82, 2.24) is 9.55 Å². The van der Waals surface area contributed by atoms with Crippen LogP contribution >= 0.6 is 0 Å². The molecule has 20 heavy (non-hydrogen) atoms. The van der Waals surface area contributed by atoms with Gasteiger partial charge in [0.15, 0.2) is 0 Å². The topological polar surface area (TPSA) is 61.0 Å². The molecule has 0 fully saturated rings. The van der Waals surface area contributed by atoms with Crippen molar-refractivity contribution in [3.63, 3.8) is 0 Å². The number of benzene rings is 1. The molecular weight excluding hydrogens is 254 g/mol. The lowest BCUT2D eigenvalue weighted by Crippen LogP contribution is -2.01. The molecule has 1 aromatic carbocycles. The van der Waals surface area contributed by atoms with E-state index in [2.05, 4.69) is 4.98 Å². The molecule has 0 spiro atoms. The molecule has 0 aliphatic rings. The summed E-state index contributed by atoms with van der Waals surface area (Å²) >= 11 is 0. The van der Waals surface area contributed by atoms with Gasteiger partial charge in [0.25, 0.3) is 5.69 Å².